The van der Waals surface area contributed by atoms with Gasteiger partial charge in [-0.3, -0.25) is 9.78 Å². The number of amides is 3. The van der Waals surface area contributed by atoms with E-state index in [1.165, 1.54) is 0 Å². The number of urea groups is 1. The number of nitrogens with zero attached hydrogens (tertiary/aromatic N) is 3. The molecule has 0 aromatic carbocycles. The summed E-state index contributed by atoms with van der Waals surface area (Å²) in [5.41, 5.74) is 1.29. The van der Waals surface area contributed by atoms with Gasteiger partial charge in [-0.25, -0.2) is 4.79 Å². The average Bonchev–Trinajstić information content (AvgIpc) is 2.64. The van der Waals surface area contributed by atoms with Gasteiger partial charge in [-0.05, 0) is 48.8 Å². The van der Waals surface area contributed by atoms with Crippen molar-refractivity contribution in [3.8, 4) is 0 Å². The highest BCUT2D eigenvalue weighted by molar-refractivity contribution is 5.77. The van der Waals surface area contributed by atoms with Crippen LogP contribution in [-0.4, -0.2) is 52.9 Å². The van der Waals surface area contributed by atoms with E-state index in [4.69, 9.17) is 0 Å². The van der Waals surface area contributed by atoms with Gasteiger partial charge in [0.25, 0.3) is 0 Å². The lowest BCUT2D eigenvalue weighted by Gasteiger charge is -2.47. The van der Waals surface area contributed by atoms with E-state index in [2.05, 4.69) is 17.2 Å². The normalized spacial score (nSPS) is 20.0. The Hall–Kier alpha value is -2.11. The third kappa shape index (κ3) is 4.30. The number of hydrogen-bond donors (Lipinski definition) is 1. The second kappa shape index (κ2) is 7.85. The molecule has 0 aliphatic carbocycles. The lowest BCUT2D eigenvalue weighted by molar-refractivity contribution is -0.139. The van der Waals surface area contributed by atoms with Crippen molar-refractivity contribution in [2.75, 3.05) is 26.2 Å². The average molecular weight is 344 g/mol. The number of aromatic nitrogens is 1. The van der Waals surface area contributed by atoms with E-state index < -0.39 is 0 Å². The lowest BCUT2D eigenvalue weighted by Crippen LogP contribution is -2.53. The molecule has 2 aliphatic rings. The SMILES string of the molecule is CCCNC(=O)N1CCC2(CCC(=O)N(Cc3ccncc3)C2)CC1. The van der Waals surface area contributed by atoms with E-state index in [1.807, 2.05) is 21.9 Å². The maximum absolute atomic E-state index is 12.4. The Morgan fingerprint density at radius 3 is 2.64 bits per heavy atom. The fourth-order valence-corrected chi connectivity index (χ4v) is 3.89. The molecule has 0 unspecified atom stereocenters. The molecule has 3 rings (SSSR count). The van der Waals surface area contributed by atoms with Gasteiger partial charge in [0.15, 0.2) is 0 Å². The summed E-state index contributed by atoms with van der Waals surface area (Å²) in [4.78, 5) is 32.4. The molecule has 1 N–H and O–H groups in total. The highest BCUT2D eigenvalue weighted by Crippen LogP contribution is 2.40. The zero-order valence-corrected chi connectivity index (χ0v) is 15.0. The molecule has 136 valence electrons. The molecule has 3 heterocycles. The molecule has 3 amide bonds. The Bertz CT molecular complexity index is 597. The first-order valence-electron chi connectivity index (χ1n) is 9.31. The molecule has 1 aromatic heterocycles. The second-order valence-corrected chi connectivity index (χ2v) is 7.32. The monoisotopic (exact) mass is 344 g/mol. The van der Waals surface area contributed by atoms with Crippen LogP contribution >= 0.6 is 0 Å². The van der Waals surface area contributed by atoms with E-state index in [9.17, 15) is 9.59 Å². The smallest absolute Gasteiger partial charge is 0.317 e. The van der Waals surface area contributed by atoms with E-state index in [1.54, 1.807) is 12.4 Å². The third-order valence-corrected chi connectivity index (χ3v) is 5.51. The number of carbonyl (C=O) groups excluding carboxylic acids is 2. The molecular formula is C19H28N4O2. The molecule has 6 heteroatoms. The number of nitrogens with one attached hydrogen (secondary N) is 1. The van der Waals surface area contributed by atoms with Crippen LogP contribution in [-0.2, 0) is 11.3 Å². The molecule has 25 heavy (non-hydrogen) atoms. The molecule has 0 bridgehead atoms. The highest BCUT2D eigenvalue weighted by atomic mass is 16.2. The molecule has 0 saturated carbocycles. The van der Waals surface area contributed by atoms with Crippen molar-refractivity contribution in [1.29, 1.82) is 0 Å². The van der Waals surface area contributed by atoms with Crippen LogP contribution in [0.4, 0.5) is 4.79 Å². The largest absolute Gasteiger partial charge is 0.338 e. The maximum Gasteiger partial charge on any atom is 0.317 e. The Kier molecular flexibility index (Phi) is 5.56. The number of pyridine rings is 1. The molecular weight excluding hydrogens is 316 g/mol. The van der Waals surface area contributed by atoms with Crippen LogP contribution in [0.1, 0.15) is 44.6 Å². The summed E-state index contributed by atoms with van der Waals surface area (Å²) in [6, 6.07) is 3.99. The topological polar surface area (TPSA) is 65.5 Å². The minimum absolute atomic E-state index is 0.0530. The molecule has 2 saturated heterocycles. The molecule has 0 radical (unpaired) electrons. The van der Waals surface area contributed by atoms with Crippen molar-refractivity contribution in [2.45, 2.75) is 45.6 Å². The molecule has 2 aliphatic heterocycles. The summed E-state index contributed by atoms with van der Waals surface area (Å²) in [7, 11) is 0. The molecule has 6 nitrogen and oxygen atoms in total. The highest BCUT2D eigenvalue weighted by Gasteiger charge is 2.41. The third-order valence-electron chi connectivity index (χ3n) is 5.51. The van der Waals surface area contributed by atoms with Gasteiger partial charge in [-0.2, -0.15) is 0 Å². The van der Waals surface area contributed by atoms with Gasteiger partial charge in [0.1, 0.15) is 0 Å². The Balaban J connectivity index is 1.58. The van der Waals surface area contributed by atoms with E-state index in [-0.39, 0.29) is 17.4 Å². The van der Waals surface area contributed by atoms with Gasteiger partial charge in [0.05, 0.1) is 0 Å². The van der Waals surface area contributed by atoms with Crippen LogP contribution in [0.2, 0.25) is 0 Å². The first-order chi connectivity index (χ1) is 12.1. The summed E-state index contributed by atoms with van der Waals surface area (Å²) in [6.07, 6.45) is 8.02. The van der Waals surface area contributed by atoms with Gasteiger partial charge in [-0.1, -0.05) is 6.92 Å². The van der Waals surface area contributed by atoms with Crippen molar-refractivity contribution in [1.82, 2.24) is 20.1 Å². The fraction of sp³-hybridized carbons (Fsp3) is 0.632. The summed E-state index contributed by atoms with van der Waals surface area (Å²) in [5, 5.41) is 2.96. The Morgan fingerprint density at radius 2 is 1.96 bits per heavy atom. The van der Waals surface area contributed by atoms with E-state index in [0.29, 0.717) is 13.0 Å². The lowest BCUT2D eigenvalue weighted by atomic mass is 9.72. The summed E-state index contributed by atoms with van der Waals surface area (Å²) in [6.45, 7) is 5.82. The van der Waals surface area contributed by atoms with Gasteiger partial charge in [-0.15, -0.1) is 0 Å². The van der Waals surface area contributed by atoms with Gasteiger partial charge in [0.2, 0.25) is 5.91 Å². The minimum atomic E-state index is 0.0530. The van der Waals surface area contributed by atoms with Crippen LogP contribution in [0.15, 0.2) is 24.5 Å². The first kappa shape index (κ1) is 17.7. The number of carbonyl (C=O) groups is 2. The first-order valence-corrected chi connectivity index (χ1v) is 9.31. The van der Waals surface area contributed by atoms with Gasteiger partial charge in [0, 0.05) is 51.5 Å². The zero-order valence-electron chi connectivity index (χ0n) is 15.0. The molecule has 2 fully saturated rings. The quantitative estimate of drug-likeness (QED) is 0.912. The maximum atomic E-state index is 12.4. The molecule has 1 aromatic rings. The standard InChI is InChI=1S/C19H28N4O2/c1-2-9-21-18(25)22-12-7-19(8-13-22)6-3-17(24)23(15-19)14-16-4-10-20-11-5-16/h4-5,10-11H,2-3,6-9,12-15H2,1H3,(H,21,25). The molecule has 1 spiro atoms. The van der Waals surface area contributed by atoms with Crippen LogP contribution in [0.25, 0.3) is 0 Å². The van der Waals surface area contributed by atoms with Gasteiger partial charge < -0.3 is 15.1 Å². The van der Waals surface area contributed by atoms with Gasteiger partial charge >= 0.3 is 6.03 Å². The number of piperidine rings is 2. The second-order valence-electron chi connectivity index (χ2n) is 7.32. The van der Waals surface area contributed by atoms with E-state index >= 15 is 0 Å². The Labute approximate surface area is 149 Å². The molecule has 0 atom stereocenters. The minimum Gasteiger partial charge on any atom is -0.338 e. The Morgan fingerprint density at radius 1 is 1.24 bits per heavy atom. The predicted octanol–water partition coefficient (Wildman–Crippen LogP) is 2.41. The zero-order chi connectivity index (χ0) is 17.7. The van der Waals surface area contributed by atoms with Crippen molar-refractivity contribution in [3.05, 3.63) is 30.1 Å². The number of hydrogen-bond acceptors (Lipinski definition) is 3. The van der Waals surface area contributed by atoms with Crippen LogP contribution in [0.5, 0.6) is 0 Å². The summed E-state index contributed by atoms with van der Waals surface area (Å²) < 4.78 is 0. The van der Waals surface area contributed by atoms with Crippen LogP contribution in [0.3, 0.4) is 0 Å². The van der Waals surface area contributed by atoms with E-state index in [0.717, 1.165) is 57.4 Å². The number of likely N-dealkylation sites (tertiary alicyclic amines) is 2. The predicted molar refractivity (Wildman–Crippen MR) is 95.8 cm³/mol. The summed E-state index contributed by atoms with van der Waals surface area (Å²) in [5.74, 6) is 0.241. The van der Waals surface area contributed by atoms with Crippen molar-refractivity contribution < 1.29 is 9.59 Å². The fourth-order valence-electron chi connectivity index (χ4n) is 3.89. The van der Waals surface area contributed by atoms with Crippen molar-refractivity contribution in [2.24, 2.45) is 5.41 Å². The van der Waals surface area contributed by atoms with Crippen molar-refractivity contribution in [3.63, 3.8) is 0 Å². The van der Waals surface area contributed by atoms with Crippen molar-refractivity contribution >= 4 is 11.9 Å². The number of rotatable bonds is 4. The summed E-state index contributed by atoms with van der Waals surface area (Å²) >= 11 is 0. The van der Waals surface area contributed by atoms with Crippen LogP contribution in [0, 0.1) is 5.41 Å². The van der Waals surface area contributed by atoms with Crippen LogP contribution < -0.4 is 5.32 Å².